The quantitative estimate of drug-likeness (QED) is 0.450. The van der Waals surface area contributed by atoms with Crippen LogP contribution in [-0.2, 0) is 0 Å². The SMILES string of the molecule is O=c1c(Sc2ccccc2)c(Sc2ccccc2)cnn1-c1ccccc1. The lowest BCUT2D eigenvalue weighted by Crippen LogP contribution is -2.23. The molecule has 0 aliphatic rings. The molecule has 0 aliphatic carbocycles. The number of nitrogens with zero attached hydrogens (tertiary/aromatic N) is 2. The molecule has 132 valence electrons. The van der Waals surface area contributed by atoms with Gasteiger partial charge in [-0.05, 0) is 36.4 Å². The van der Waals surface area contributed by atoms with Crippen LogP contribution in [-0.4, -0.2) is 9.78 Å². The zero-order valence-corrected chi connectivity index (χ0v) is 16.0. The second kappa shape index (κ2) is 8.29. The molecule has 0 unspecified atom stereocenters. The van der Waals surface area contributed by atoms with Gasteiger partial charge in [0, 0.05) is 9.79 Å². The molecule has 0 spiro atoms. The molecule has 0 aliphatic heterocycles. The summed E-state index contributed by atoms with van der Waals surface area (Å²) in [5.41, 5.74) is 0.643. The lowest BCUT2D eigenvalue weighted by atomic mass is 10.3. The number of para-hydroxylation sites is 1. The normalized spacial score (nSPS) is 10.7. The Bertz CT molecular complexity index is 1080. The van der Waals surface area contributed by atoms with E-state index in [9.17, 15) is 4.79 Å². The molecule has 3 aromatic carbocycles. The third-order valence-corrected chi connectivity index (χ3v) is 6.11. The van der Waals surface area contributed by atoms with E-state index in [2.05, 4.69) is 5.10 Å². The summed E-state index contributed by atoms with van der Waals surface area (Å²) in [6.07, 6.45) is 1.78. The Morgan fingerprint density at radius 1 is 0.667 bits per heavy atom. The van der Waals surface area contributed by atoms with Crippen molar-refractivity contribution in [2.75, 3.05) is 0 Å². The molecule has 3 nitrogen and oxygen atoms in total. The van der Waals surface area contributed by atoms with E-state index in [0.717, 1.165) is 20.4 Å². The second-order valence-electron chi connectivity index (χ2n) is 5.72. The molecule has 5 heteroatoms. The molecule has 4 rings (SSSR count). The van der Waals surface area contributed by atoms with Gasteiger partial charge in [-0.1, -0.05) is 78.1 Å². The van der Waals surface area contributed by atoms with Crippen LogP contribution >= 0.6 is 23.5 Å². The molecule has 0 atom stereocenters. The van der Waals surface area contributed by atoms with E-state index >= 15 is 0 Å². The van der Waals surface area contributed by atoms with Gasteiger partial charge in [0.1, 0.15) is 0 Å². The minimum Gasteiger partial charge on any atom is -0.266 e. The van der Waals surface area contributed by atoms with Gasteiger partial charge in [0.15, 0.2) is 0 Å². The van der Waals surface area contributed by atoms with Crippen molar-refractivity contribution in [2.45, 2.75) is 19.6 Å². The van der Waals surface area contributed by atoms with Gasteiger partial charge in [-0.3, -0.25) is 4.79 Å². The highest BCUT2D eigenvalue weighted by Gasteiger charge is 2.15. The Labute approximate surface area is 166 Å². The average Bonchev–Trinajstić information content (AvgIpc) is 2.73. The lowest BCUT2D eigenvalue weighted by molar-refractivity contribution is 0.756. The van der Waals surface area contributed by atoms with Crippen molar-refractivity contribution in [1.82, 2.24) is 9.78 Å². The van der Waals surface area contributed by atoms with E-state index in [1.807, 2.05) is 91.0 Å². The fraction of sp³-hybridized carbons (Fsp3) is 0. The third kappa shape index (κ3) is 4.15. The standard InChI is InChI=1S/C22H16N2OS2/c25-22-21(27-19-14-8-3-9-15-19)20(26-18-12-6-2-7-13-18)16-23-24(22)17-10-4-1-5-11-17/h1-16H. The summed E-state index contributed by atoms with van der Waals surface area (Å²) < 4.78 is 1.46. The van der Waals surface area contributed by atoms with Crippen molar-refractivity contribution in [2.24, 2.45) is 0 Å². The van der Waals surface area contributed by atoms with Crippen molar-refractivity contribution >= 4 is 23.5 Å². The van der Waals surface area contributed by atoms with Crippen LogP contribution in [0.25, 0.3) is 5.69 Å². The number of rotatable bonds is 5. The summed E-state index contributed by atoms with van der Waals surface area (Å²) in [5, 5.41) is 4.42. The van der Waals surface area contributed by atoms with Crippen molar-refractivity contribution in [1.29, 1.82) is 0 Å². The molecule has 1 heterocycles. The number of aromatic nitrogens is 2. The summed E-state index contributed by atoms with van der Waals surface area (Å²) >= 11 is 3.03. The Hall–Kier alpha value is -2.76. The molecule has 0 saturated heterocycles. The highest BCUT2D eigenvalue weighted by atomic mass is 32.2. The first-order valence-corrected chi connectivity index (χ1v) is 10.1. The topological polar surface area (TPSA) is 34.9 Å². The molecular formula is C22H16N2OS2. The van der Waals surface area contributed by atoms with Crippen molar-refractivity contribution in [3.05, 3.63) is 108 Å². The predicted octanol–water partition coefficient (Wildman–Crippen LogP) is 5.53. The summed E-state index contributed by atoms with van der Waals surface area (Å²) in [5.74, 6) is 0. The molecule has 0 N–H and O–H groups in total. The highest BCUT2D eigenvalue weighted by molar-refractivity contribution is 8.02. The Morgan fingerprint density at radius 2 is 1.19 bits per heavy atom. The first-order valence-electron chi connectivity index (χ1n) is 8.45. The molecule has 0 fully saturated rings. The van der Waals surface area contributed by atoms with Gasteiger partial charge in [0.2, 0.25) is 0 Å². The molecule has 0 bridgehead atoms. The fourth-order valence-electron chi connectivity index (χ4n) is 2.56. The van der Waals surface area contributed by atoms with Gasteiger partial charge in [-0.15, -0.1) is 0 Å². The van der Waals surface area contributed by atoms with E-state index in [1.54, 1.807) is 18.0 Å². The molecule has 1 aromatic heterocycles. The van der Waals surface area contributed by atoms with Gasteiger partial charge in [-0.2, -0.15) is 9.78 Å². The fourth-order valence-corrected chi connectivity index (χ4v) is 4.50. The molecule has 0 radical (unpaired) electrons. The van der Waals surface area contributed by atoms with E-state index < -0.39 is 0 Å². The maximum atomic E-state index is 13.3. The Kier molecular flexibility index (Phi) is 5.42. The smallest absolute Gasteiger partial charge is 0.266 e. The zero-order chi connectivity index (χ0) is 18.5. The monoisotopic (exact) mass is 388 g/mol. The van der Waals surface area contributed by atoms with Gasteiger partial charge in [0.05, 0.1) is 21.7 Å². The number of hydrogen-bond donors (Lipinski definition) is 0. The summed E-state index contributed by atoms with van der Waals surface area (Å²) in [4.78, 5) is 16.9. The summed E-state index contributed by atoms with van der Waals surface area (Å²) in [6.45, 7) is 0. The zero-order valence-electron chi connectivity index (χ0n) is 14.4. The average molecular weight is 389 g/mol. The van der Waals surface area contributed by atoms with E-state index in [4.69, 9.17) is 0 Å². The molecule has 4 aromatic rings. The van der Waals surface area contributed by atoms with Gasteiger partial charge in [0.25, 0.3) is 5.56 Å². The Balaban J connectivity index is 1.81. The first-order chi connectivity index (χ1) is 13.3. The van der Waals surface area contributed by atoms with Crippen molar-refractivity contribution in [3.8, 4) is 5.69 Å². The van der Waals surface area contributed by atoms with Crippen molar-refractivity contribution < 1.29 is 0 Å². The van der Waals surface area contributed by atoms with Gasteiger partial charge < -0.3 is 0 Å². The highest BCUT2D eigenvalue weighted by Crippen LogP contribution is 2.36. The van der Waals surface area contributed by atoms with Crippen molar-refractivity contribution in [3.63, 3.8) is 0 Å². The first kappa shape index (κ1) is 17.6. The molecular weight excluding hydrogens is 372 g/mol. The maximum absolute atomic E-state index is 13.3. The van der Waals surface area contributed by atoms with Crippen LogP contribution in [0.1, 0.15) is 0 Å². The Morgan fingerprint density at radius 3 is 1.78 bits per heavy atom. The predicted molar refractivity (Wildman–Crippen MR) is 111 cm³/mol. The summed E-state index contributed by atoms with van der Waals surface area (Å²) in [7, 11) is 0. The third-order valence-electron chi connectivity index (χ3n) is 3.84. The van der Waals surface area contributed by atoms with Crippen LogP contribution in [0, 0.1) is 0 Å². The van der Waals surface area contributed by atoms with Crippen LogP contribution in [0.4, 0.5) is 0 Å². The van der Waals surface area contributed by atoms with Crippen LogP contribution in [0.5, 0.6) is 0 Å². The summed E-state index contributed by atoms with van der Waals surface area (Å²) in [6, 6.07) is 29.5. The van der Waals surface area contributed by atoms with Crippen LogP contribution in [0.2, 0.25) is 0 Å². The van der Waals surface area contributed by atoms with E-state index in [1.165, 1.54) is 16.4 Å². The van der Waals surface area contributed by atoms with Crippen LogP contribution in [0.3, 0.4) is 0 Å². The molecule has 0 saturated carbocycles. The van der Waals surface area contributed by atoms with Gasteiger partial charge in [-0.25, -0.2) is 0 Å². The van der Waals surface area contributed by atoms with Crippen LogP contribution < -0.4 is 5.56 Å². The number of hydrogen-bond acceptors (Lipinski definition) is 4. The minimum absolute atomic E-state index is 0.115. The lowest BCUT2D eigenvalue weighted by Gasteiger charge is -2.11. The number of benzene rings is 3. The maximum Gasteiger partial charge on any atom is 0.286 e. The van der Waals surface area contributed by atoms with E-state index in [-0.39, 0.29) is 5.56 Å². The largest absolute Gasteiger partial charge is 0.286 e. The van der Waals surface area contributed by atoms with E-state index in [0.29, 0.717) is 4.90 Å². The minimum atomic E-state index is -0.115. The van der Waals surface area contributed by atoms with Crippen LogP contribution in [0.15, 0.2) is 122 Å². The second-order valence-corrected chi connectivity index (χ2v) is 7.92. The van der Waals surface area contributed by atoms with Gasteiger partial charge >= 0.3 is 0 Å². The molecule has 27 heavy (non-hydrogen) atoms. The molecule has 0 amide bonds.